The average molecular weight is 419 g/mol. The number of anilines is 1. The summed E-state index contributed by atoms with van der Waals surface area (Å²) in [5.41, 5.74) is 2.10. The van der Waals surface area contributed by atoms with Crippen molar-refractivity contribution in [2.24, 2.45) is 0 Å². The third-order valence-corrected chi connectivity index (χ3v) is 5.58. The number of ether oxygens (including phenoxy) is 2. The fourth-order valence-electron chi connectivity index (χ4n) is 3.66. The van der Waals surface area contributed by atoms with Gasteiger partial charge in [0.05, 0.1) is 32.0 Å². The summed E-state index contributed by atoms with van der Waals surface area (Å²) in [5.74, 6) is 1.72. The number of quaternary nitrogens is 1. The number of hydrogen-bond donors (Lipinski definition) is 1. The number of nitrogens with one attached hydrogen (secondary N) is 1. The molecule has 1 atom stereocenters. The number of piperazine rings is 1. The zero-order valence-corrected chi connectivity index (χ0v) is 18.0. The predicted molar refractivity (Wildman–Crippen MR) is 115 cm³/mol. The predicted octanol–water partition coefficient (Wildman–Crippen LogP) is 1.72. The lowest BCUT2D eigenvalue weighted by Crippen LogP contribution is -3.09. The number of benzene rings is 2. The molecule has 6 nitrogen and oxygen atoms in total. The molecule has 1 aliphatic heterocycles. The zero-order chi connectivity index (χ0) is 20.8. The van der Waals surface area contributed by atoms with Crippen LogP contribution in [0, 0.1) is 0 Å². The number of methoxy groups -OCH3 is 2. The molecule has 2 aromatic carbocycles. The molecule has 1 amide bonds. The van der Waals surface area contributed by atoms with Crippen LogP contribution >= 0.6 is 11.6 Å². The molecular formula is C22H29ClN3O3+. The number of rotatable bonds is 7. The Labute approximate surface area is 177 Å². The smallest absolute Gasteiger partial charge is 0.277 e. The summed E-state index contributed by atoms with van der Waals surface area (Å²) in [4.78, 5) is 18.1. The van der Waals surface area contributed by atoms with E-state index < -0.39 is 0 Å². The zero-order valence-electron chi connectivity index (χ0n) is 17.3. The van der Waals surface area contributed by atoms with Crippen LogP contribution < -0.4 is 19.3 Å². The Morgan fingerprint density at radius 2 is 1.79 bits per heavy atom. The molecular weight excluding hydrogens is 390 g/mol. The molecule has 0 saturated carbocycles. The topological polar surface area (TPSA) is 46.5 Å². The average Bonchev–Trinajstić information content (AvgIpc) is 2.74. The van der Waals surface area contributed by atoms with E-state index in [4.69, 9.17) is 21.1 Å². The molecule has 1 fully saturated rings. The maximum Gasteiger partial charge on any atom is 0.277 e. The lowest BCUT2D eigenvalue weighted by atomic mass is 10.1. The first-order chi connectivity index (χ1) is 14.0. The highest BCUT2D eigenvalue weighted by Gasteiger charge is 2.24. The van der Waals surface area contributed by atoms with E-state index in [1.807, 2.05) is 54.4 Å². The van der Waals surface area contributed by atoms with Gasteiger partial charge in [0.2, 0.25) is 0 Å². The summed E-state index contributed by atoms with van der Waals surface area (Å²) in [6, 6.07) is 13.6. The fourth-order valence-corrected chi connectivity index (χ4v) is 3.92. The highest BCUT2D eigenvalue weighted by Crippen LogP contribution is 2.26. The van der Waals surface area contributed by atoms with E-state index in [1.54, 1.807) is 14.2 Å². The van der Waals surface area contributed by atoms with Crippen molar-refractivity contribution in [2.45, 2.75) is 6.54 Å². The highest BCUT2D eigenvalue weighted by atomic mass is 35.5. The second kappa shape index (κ2) is 9.85. The van der Waals surface area contributed by atoms with Gasteiger partial charge in [0, 0.05) is 37.8 Å². The Bertz CT molecular complexity index is 838. The number of amides is 1. The largest absolute Gasteiger partial charge is 0.497 e. The molecule has 1 saturated heterocycles. The van der Waals surface area contributed by atoms with Crippen molar-refractivity contribution in [1.82, 2.24) is 4.90 Å². The number of likely N-dealkylation sites (N-methyl/N-ethyl adjacent to an activating group) is 1. The van der Waals surface area contributed by atoms with E-state index in [0.717, 1.165) is 45.8 Å². The number of hydrogen-bond acceptors (Lipinski definition) is 4. The summed E-state index contributed by atoms with van der Waals surface area (Å²) in [5, 5.41) is 0.755. The summed E-state index contributed by atoms with van der Waals surface area (Å²) in [7, 11) is 5.31. The first kappa shape index (κ1) is 21.3. The molecule has 3 rings (SSSR count). The Hall–Kier alpha value is -2.44. The minimum atomic E-state index is 0.175. The minimum Gasteiger partial charge on any atom is -0.497 e. The van der Waals surface area contributed by atoms with E-state index in [2.05, 4.69) is 4.90 Å². The summed E-state index contributed by atoms with van der Waals surface area (Å²) < 4.78 is 10.7. The van der Waals surface area contributed by atoms with Crippen molar-refractivity contribution in [1.29, 1.82) is 0 Å². The van der Waals surface area contributed by atoms with Crippen LogP contribution in [-0.2, 0) is 11.3 Å². The summed E-state index contributed by atoms with van der Waals surface area (Å²) >= 11 is 6.30. The van der Waals surface area contributed by atoms with Crippen LogP contribution in [0.25, 0.3) is 0 Å². The number of para-hydroxylation sites is 1. The van der Waals surface area contributed by atoms with E-state index in [-0.39, 0.29) is 5.91 Å². The first-order valence-corrected chi connectivity index (χ1v) is 10.2. The molecule has 0 bridgehead atoms. The van der Waals surface area contributed by atoms with Crippen LogP contribution in [0.3, 0.4) is 0 Å². The maximum absolute atomic E-state index is 12.8. The SMILES string of the molecule is COc1ccc(C[NH+](C)CC(=O)N2CCN(c3ccccc3Cl)CC2)c(OC)c1. The number of carbonyl (C=O) groups excluding carboxylic acids is 1. The second-order valence-electron chi connectivity index (χ2n) is 7.31. The van der Waals surface area contributed by atoms with Gasteiger partial charge in [0.25, 0.3) is 5.91 Å². The maximum atomic E-state index is 12.8. The van der Waals surface area contributed by atoms with Gasteiger partial charge in [0.1, 0.15) is 18.0 Å². The molecule has 2 aromatic rings. The van der Waals surface area contributed by atoms with Gasteiger partial charge in [-0.2, -0.15) is 0 Å². The van der Waals surface area contributed by atoms with Gasteiger partial charge in [-0.15, -0.1) is 0 Å². The van der Waals surface area contributed by atoms with Crippen molar-refractivity contribution < 1.29 is 19.2 Å². The lowest BCUT2D eigenvalue weighted by Gasteiger charge is -2.36. The van der Waals surface area contributed by atoms with Crippen LogP contribution in [0.4, 0.5) is 5.69 Å². The monoisotopic (exact) mass is 418 g/mol. The van der Waals surface area contributed by atoms with Gasteiger partial charge in [0.15, 0.2) is 6.54 Å². The highest BCUT2D eigenvalue weighted by molar-refractivity contribution is 6.33. The van der Waals surface area contributed by atoms with Crippen molar-refractivity contribution in [3.63, 3.8) is 0 Å². The third kappa shape index (κ3) is 5.34. The first-order valence-electron chi connectivity index (χ1n) is 9.81. The molecule has 1 aliphatic rings. The normalized spacial score (nSPS) is 15.2. The van der Waals surface area contributed by atoms with E-state index in [0.29, 0.717) is 26.2 Å². The van der Waals surface area contributed by atoms with E-state index in [9.17, 15) is 4.79 Å². The van der Waals surface area contributed by atoms with Crippen LogP contribution in [0.2, 0.25) is 5.02 Å². The lowest BCUT2D eigenvalue weighted by molar-refractivity contribution is -0.885. The fraction of sp³-hybridized carbons (Fsp3) is 0.409. The van der Waals surface area contributed by atoms with Crippen LogP contribution in [0.15, 0.2) is 42.5 Å². The number of nitrogens with zero attached hydrogens (tertiary/aromatic N) is 2. The van der Waals surface area contributed by atoms with Crippen molar-refractivity contribution in [3.05, 3.63) is 53.1 Å². The molecule has 1 heterocycles. The molecule has 0 aromatic heterocycles. The molecule has 7 heteroatoms. The van der Waals surface area contributed by atoms with Crippen LogP contribution in [-0.4, -0.2) is 64.8 Å². The Kier molecular flexibility index (Phi) is 7.23. The Morgan fingerprint density at radius 3 is 2.45 bits per heavy atom. The molecule has 0 radical (unpaired) electrons. The Morgan fingerprint density at radius 1 is 1.07 bits per heavy atom. The van der Waals surface area contributed by atoms with E-state index in [1.165, 1.54) is 0 Å². The van der Waals surface area contributed by atoms with Gasteiger partial charge >= 0.3 is 0 Å². The Balaban J connectivity index is 1.53. The molecule has 0 spiro atoms. The quantitative estimate of drug-likeness (QED) is 0.743. The minimum absolute atomic E-state index is 0.175. The standard InChI is InChI=1S/C22H28ClN3O3/c1-24(15-17-8-9-18(28-2)14-21(17)29-3)16-22(27)26-12-10-25(11-13-26)20-7-5-4-6-19(20)23/h4-9,14H,10-13,15-16H2,1-3H3/p+1. The van der Waals surface area contributed by atoms with Gasteiger partial charge < -0.3 is 24.2 Å². The van der Waals surface area contributed by atoms with Crippen molar-refractivity contribution in [2.75, 3.05) is 58.9 Å². The molecule has 29 heavy (non-hydrogen) atoms. The van der Waals surface area contributed by atoms with Crippen LogP contribution in [0.5, 0.6) is 11.5 Å². The van der Waals surface area contributed by atoms with Gasteiger partial charge in [-0.3, -0.25) is 4.79 Å². The molecule has 1 N–H and O–H groups in total. The summed E-state index contributed by atoms with van der Waals surface area (Å²) in [6.45, 7) is 4.16. The second-order valence-corrected chi connectivity index (χ2v) is 7.71. The van der Waals surface area contributed by atoms with Crippen molar-refractivity contribution in [3.8, 4) is 11.5 Å². The van der Waals surface area contributed by atoms with Crippen LogP contribution in [0.1, 0.15) is 5.56 Å². The molecule has 156 valence electrons. The molecule has 1 unspecified atom stereocenters. The van der Waals surface area contributed by atoms with Crippen molar-refractivity contribution >= 4 is 23.2 Å². The number of halogens is 1. The summed E-state index contributed by atoms with van der Waals surface area (Å²) in [6.07, 6.45) is 0. The van der Waals surface area contributed by atoms with E-state index >= 15 is 0 Å². The molecule has 0 aliphatic carbocycles. The number of carbonyl (C=O) groups is 1. The third-order valence-electron chi connectivity index (χ3n) is 5.26. The van der Waals surface area contributed by atoms with Gasteiger partial charge in [-0.05, 0) is 24.3 Å². The van der Waals surface area contributed by atoms with Gasteiger partial charge in [-0.25, -0.2) is 0 Å². The van der Waals surface area contributed by atoms with Gasteiger partial charge in [-0.1, -0.05) is 23.7 Å².